The Balaban J connectivity index is 1.67. The molecule has 1 N–H and O–H groups in total. The lowest BCUT2D eigenvalue weighted by Crippen LogP contribution is -2.43. The van der Waals surface area contributed by atoms with Gasteiger partial charge >= 0.3 is 5.97 Å². The number of aryl methyl sites for hydroxylation is 1. The summed E-state index contributed by atoms with van der Waals surface area (Å²) in [6, 6.07) is 0. The minimum Gasteiger partial charge on any atom is -0.477 e. The minimum atomic E-state index is -0.871. The van der Waals surface area contributed by atoms with Gasteiger partial charge in [-0.3, -0.25) is 0 Å². The van der Waals surface area contributed by atoms with E-state index in [0.717, 1.165) is 36.6 Å². The highest BCUT2D eigenvalue weighted by atomic mass is 32.2. The molecule has 0 bridgehead atoms. The Hall–Kier alpha value is -0.240. The second kappa shape index (κ2) is 6.48. The van der Waals surface area contributed by atoms with Gasteiger partial charge in [0, 0.05) is 11.9 Å². The molecule has 1 aromatic rings. The number of aromatic nitrogens is 1. The molecule has 2 aliphatic heterocycles. The molecule has 7 heteroatoms. The van der Waals surface area contributed by atoms with Crippen LogP contribution in [0.15, 0.2) is 4.34 Å². The molecule has 1 aromatic heterocycles. The van der Waals surface area contributed by atoms with E-state index in [9.17, 15) is 4.79 Å². The van der Waals surface area contributed by atoms with Gasteiger partial charge in [-0.25, -0.2) is 9.78 Å². The number of thioether (sulfide) groups is 2. The van der Waals surface area contributed by atoms with Gasteiger partial charge in [-0.15, -0.1) is 11.3 Å². The number of hydrogen-bond donors (Lipinski definition) is 1. The molecule has 0 saturated carbocycles. The van der Waals surface area contributed by atoms with E-state index in [0.29, 0.717) is 15.8 Å². The van der Waals surface area contributed by atoms with Crippen LogP contribution in [0.1, 0.15) is 41.0 Å². The van der Waals surface area contributed by atoms with E-state index in [1.54, 1.807) is 18.7 Å². The Kier molecular flexibility index (Phi) is 4.83. The molecule has 1 spiro atoms. The number of carboxylic acids is 1. The third-order valence-electron chi connectivity index (χ3n) is 4.09. The molecule has 3 rings (SSSR count). The summed E-state index contributed by atoms with van der Waals surface area (Å²) < 4.78 is 6.99. The van der Waals surface area contributed by atoms with E-state index in [1.807, 2.05) is 11.8 Å². The van der Waals surface area contributed by atoms with Gasteiger partial charge in [0.2, 0.25) is 0 Å². The predicted molar refractivity (Wildman–Crippen MR) is 87.9 cm³/mol. The summed E-state index contributed by atoms with van der Waals surface area (Å²) in [6.45, 7) is 2.59. The fraction of sp³-hybridized carbons (Fsp3) is 0.714. The van der Waals surface area contributed by atoms with Crippen LogP contribution >= 0.6 is 34.9 Å². The van der Waals surface area contributed by atoms with Crippen molar-refractivity contribution in [2.75, 3.05) is 18.1 Å². The van der Waals surface area contributed by atoms with Crippen LogP contribution in [0.4, 0.5) is 0 Å². The zero-order valence-corrected chi connectivity index (χ0v) is 14.4. The summed E-state index contributed by atoms with van der Waals surface area (Å²) in [5.74, 6) is 1.51. The topological polar surface area (TPSA) is 59.4 Å². The van der Waals surface area contributed by atoms with Crippen LogP contribution in [0, 0.1) is 6.92 Å². The van der Waals surface area contributed by atoms with E-state index in [1.165, 1.54) is 22.8 Å². The molecular formula is C14H19NO3S3. The normalized spacial score (nSPS) is 25.1. The number of carboxylic acid groups (broad SMARTS) is 1. The molecule has 1 unspecified atom stereocenters. The smallest absolute Gasteiger partial charge is 0.347 e. The fourth-order valence-electron chi connectivity index (χ4n) is 2.94. The number of hydrogen-bond acceptors (Lipinski definition) is 6. The Morgan fingerprint density at radius 1 is 1.48 bits per heavy atom. The van der Waals surface area contributed by atoms with Crippen LogP contribution in [0.2, 0.25) is 0 Å². The summed E-state index contributed by atoms with van der Waals surface area (Å²) >= 11 is 5.06. The van der Waals surface area contributed by atoms with Gasteiger partial charge in [0.05, 0.1) is 11.3 Å². The van der Waals surface area contributed by atoms with Gasteiger partial charge < -0.3 is 9.84 Å². The van der Waals surface area contributed by atoms with Crippen LogP contribution in [0.5, 0.6) is 0 Å². The van der Waals surface area contributed by atoms with Gasteiger partial charge in [0.15, 0.2) is 4.34 Å². The van der Waals surface area contributed by atoms with Crippen LogP contribution in [0.3, 0.4) is 0 Å². The van der Waals surface area contributed by atoms with Gasteiger partial charge in [-0.1, -0.05) is 11.8 Å². The summed E-state index contributed by atoms with van der Waals surface area (Å²) in [7, 11) is 0. The molecule has 0 radical (unpaired) electrons. The molecular weight excluding hydrogens is 326 g/mol. The summed E-state index contributed by atoms with van der Waals surface area (Å²) in [5, 5.41) is 9.62. The molecule has 21 heavy (non-hydrogen) atoms. The number of ether oxygens (including phenoxy) is 1. The maximum atomic E-state index is 11.1. The Morgan fingerprint density at radius 3 is 2.90 bits per heavy atom. The van der Waals surface area contributed by atoms with Crippen molar-refractivity contribution in [1.29, 1.82) is 0 Å². The molecule has 2 saturated heterocycles. The van der Waals surface area contributed by atoms with Crippen molar-refractivity contribution >= 4 is 40.8 Å². The van der Waals surface area contributed by atoms with Crippen molar-refractivity contribution in [3.8, 4) is 0 Å². The fourth-order valence-corrected chi connectivity index (χ4v) is 6.74. The molecule has 2 fully saturated rings. The Bertz CT molecular complexity index is 520. The van der Waals surface area contributed by atoms with Crippen LogP contribution in [-0.2, 0) is 4.74 Å². The first-order chi connectivity index (χ1) is 10.1. The quantitative estimate of drug-likeness (QED) is 0.901. The van der Waals surface area contributed by atoms with Crippen LogP contribution in [-0.4, -0.2) is 45.0 Å². The standard InChI is InChI=1S/C14H19NO3S3/c1-9-11(12(16)17)21-13(15-9)20-10-2-5-18-14(8-10)3-6-19-7-4-14/h10H,2-8H2,1H3,(H,16,17). The van der Waals surface area contributed by atoms with Gasteiger partial charge in [-0.05, 0) is 44.1 Å². The van der Waals surface area contributed by atoms with E-state index in [2.05, 4.69) is 4.98 Å². The zero-order chi connectivity index (χ0) is 14.9. The molecule has 0 aliphatic carbocycles. The molecule has 0 aromatic carbocycles. The minimum absolute atomic E-state index is 0.0725. The molecule has 4 nitrogen and oxygen atoms in total. The number of nitrogens with zero attached hydrogens (tertiary/aromatic N) is 1. The molecule has 2 aliphatic rings. The van der Waals surface area contributed by atoms with Crippen LogP contribution < -0.4 is 0 Å². The monoisotopic (exact) mass is 345 g/mol. The van der Waals surface area contributed by atoms with Gasteiger partial charge in [0.1, 0.15) is 4.88 Å². The second-order valence-corrected chi connectivity index (χ2v) is 9.35. The first-order valence-electron chi connectivity index (χ1n) is 7.17. The van der Waals surface area contributed by atoms with E-state index >= 15 is 0 Å². The van der Waals surface area contributed by atoms with E-state index in [-0.39, 0.29) is 5.60 Å². The maximum Gasteiger partial charge on any atom is 0.347 e. The number of thiazole rings is 1. The zero-order valence-electron chi connectivity index (χ0n) is 12.0. The second-order valence-electron chi connectivity index (χ2n) is 5.58. The average molecular weight is 346 g/mol. The van der Waals surface area contributed by atoms with E-state index < -0.39 is 5.97 Å². The summed E-state index contributed by atoms with van der Waals surface area (Å²) in [6.07, 6.45) is 4.39. The molecule has 0 amide bonds. The molecule has 3 heterocycles. The Morgan fingerprint density at radius 2 is 2.24 bits per heavy atom. The number of carbonyl (C=O) groups is 1. The first-order valence-corrected chi connectivity index (χ1v) is 10.0. The lowest BCUT2D eigenvalue weighted by atomic mass is 9.88. The van der Waals surface area contributed by atoms with Crippen molar-refractivity contribution in [2.45, 2.75) is 47.8 Å². The third-order valence-corrected chi connectivity index (χ3v) is 7.58. The Labute approximate surface area is 137 Å². The molecule has 116 valence electrons. The highest BCUT2D eigenvalue weighted by Crippen LogP contribution is 2.43. The average Bonchev–Trinajstić information content (AvgIpc) is 2.80. The van der Waals surface area contributed by atoms with E-state index in [4.69, 9.17) is 9.84 Å². The number of rotatable bonds is 3. The van der Waals surface area contributed by atoms with Crippen molar-refractivity contribution < 1.29 is 14.6 Å². The highest BCUT2D eigenvalue weighted by molar-refractivity contribution is 8.01. The van der Waals surface area contributed by atoms with Crippen molar-refractivity contribution in [3.05, 3.63) is 10.6 Å². The molecule has 1 atom stereocenters. The maximum absolute atomic E-state index is 11.1. The largest absolute Gasteiger partial charge is 0.477 e. The SMILES string of the molecule is Cc1nc(SC2CCOC3(CCSCC3)C2)sc1C(=O)O. The highest BCUT2D eigenvalue weighted by Gasteiger charge is 2.39. The van der Waals surface area contributed by atoms with Gasteiger partial charge in [-0.2, -0.15) is 11.8 Å². The summed E-state index contributed by atoms with van der Waals surface area (Å²) in [5.41, 5.74) is 0.703. The number of aromatic carboxylic acids is 1. The lowest BCUT2D eigenvalue weighted by Gasteiger charge is -2.42. The van der Waals surface area contributed by atoms with Crippen LogP contribution in [0.25, 0.3) is 0 Å². The van der Waals surface area contributed by atoms with Crippen molar-refractivity contribution in [2.24, 2.45) is 0 Å². The predicted octanol–water partition coefficient (Wildman–Crippen LogP) is 3.69. The van der Waals surface area contributed by atoms with Crippen molar-refractivity contribution in [1.82, 2.24) is 4.98 Å². The first kappa shape index (κ1) is 15.6. The summed E-state index contributed by atoms with van der Waals surface area (Å²) in [4.78, 5) is 15.9. The van der Waals surface area contributed by atoms with Crippen molar-refractivity contribution in [3.63, 3.8) is 0 Å². The third kappa shape index (κ3) is 3.57. The lowest BCUT2D eigenvalue weighted by molar-refractivity contribution is -0.0804. The van der Waals surface area contributed by atoms with Gasteiger partial charge in [0.25, 0.3) is 0 Å².